The van der Waals surface area contributed by atoms with Crippen LogP contribution in [0.4, 0.5) is 17.2 Å². The first kappa shape index (κ1) is 17.7. The minimum absolute atomic E-state index is 0.0163. The third kappa shape index (κ3) is 3.73. The number of benzene rings is 1. The molecule has 2 aliphatic heterocycles. The minimum Gasteiger partial charge on any atom is -0.384 e. The second kappa shape index (κ2) is 7.52. The molecular formula is C20H26N6O. The van der Waals surface area contributed by atoms with Crippen molar-refractivity contribution in [2.24, 2.45) is 5.73 Å². The predicted molar refractivity (Wildman–Crippen MR) is 107 cm³/mol. The number of fused-ring (bicyclic) bond motifs is 1. The van der Waals surface area contributed by atoms with Gasteiger partial charge in [-0.15, -0.1) is 0 Å². The molecule has 4 N–H and O–H groups in total. The van der Waals surface area contributed by atoms with Crippen LogP contribution in [-0.4, -0.2) is 41.6 Å². The number of hydrogen-bond acceptors (Lipinski definition) is 6. The van der Waals surface area contributed by atoms with E-state index in [1.165, 1.54) is 0 Å². The van der Waals surface area contributed by atoms with Crippen molar-refractivity contribution in [1.82, 2.24) is 9.97 Å². The molecule has 4 rings (SSSR count). The van der Waals surface area contributed by atoms with E-state index in [0.29, 0.717) is 12.5 Å². The molecule has 0 radical (unpaired) electrons. The van der Waals surface area contributed by atoms with Gasteiger partial charge in [-0.3, -0.25) is 9.78 Å². The van der Waals surface area contributed by atoms with Gasteiger partial charge in [-0.25, -0.2) is 4.98 Å². The van der Waals surface area contributed by atoms with Gasteiger partial charge in [0.15, 0.2) is 0 Å². The van der Waals surface area contributed by atoms with E-state index in [0.717, 1.165) is 60.9 Å². The van der Waals surface area contributed by atoms with Gasteiger partial charge in [0, 0.05) is 55.6 Å². The smallest absolute Gasteiger partial charge is 0.224 e. The van der Waals surface area contributed by atoms with Gasteiger partial charge in [0.05, 0.1) is 11.9 Å². The summed E-state index contributed by atoms with van der Waals surface area (Å²) in [7, 11) is 0. The molecule has 0 saturated carbocycles. The number of nitrogens with one attached hydrogen (secondary N) is 2. The highest BCUT2D eigenvalue weighted by Crippen LogP contribution is 2.37. The maximum absolute atomic E-state index is 11.7. The van der Waals surface area contributed by atoms with Crippen LogP contribution >= 0.6 is 0 Å². The fourth-order valence-electron chi connectivity index (χ4n) is 3.74. The molecule has 1 saturated heterocycles. The summed E-state index contributed by atoms with van der Waals surface area (Å²) < 4.78 is 0. The molecule has 0 aliphatic carbocycles. The molecule has 142 valence electrons. The van der Waals surface area contributed by atoms with E-state index in [9.17, 15) is 4.79 Å². The van der Waals surface area contributed by atoms with Crippen LogP contribution in [0.5, 0.6) is 0 Å². The van der Waals surface area contributed by atoms with Crippen LogP contribution in [0, 0.1) is 0 Å². The lowest BCUT2D eigenvalue weighted by Crippen LogP contribution is -2.40. The molecule has 3 heterocycles. The quantitative estimate of drug-likeness (QED) is 0.768. The number of rotatable bonds is 4. The van der Waals surface area contributed by atoms with Crippen molar-refractivity contribution in [1.29, 1.82) is 0 Å². The maximum atomic E-state index is 11.7. The van der Waals surface area contributed by atoms with E-state index in [-0.39, 0.29) is 11.8 Å². The normalized spacial score (nSPS) is 19.5. The number of carbonyl (C=O) groups excluding carboxylic acids is 1. The van der Waals surface area contributed by atoms with Gasteiger partial charge in [-0.1, -0.05) is 6.92 Å². The van der Waals surface area contributed by atoms with Gasteiger partial charge in [0.1, 0.15) is 5.82 Å². The highest BCUT2D eigenvalue weighted by atomic mass is 16.1. The Morgan fingerprint density at radius 2 is 2.15 bits per heavy atom. The zero-order chi connectivity index (χ0) is 18.8. The first-order chi connectivity index (χ1) is 13.1. The van der Waals surface area contributed by atoms with Crippen molar-refractivity contribution >= 4 is 23.1 Å². The number of carbonyl (C=O) groups is 1. The van der Waals surface area contributed by atoms with E-state index in [1.54, 1.807) is 0 Å². The van der Waals surface area contributed by atoms with Gasteiger partial charge in [-0.2, -0.15) is 0 Å². The molecule has 7 heteroatoms. The monoisotopic (exact) mass is 366 g/mol. The van der Waals surface area contributed by atoms with Gasteiger partial charge in [-0.05, 0) is 36.6 Å². The molecule has 1 fully saturated rings. The van der Waals surface area contributed by atoms with Crippen LogP contribution in [0.1, 0.15) is 43.4 Å². The van der Waals surface area contributed by atoms with Crippen molar-refractivity contribution in [3.05, 3.63) is 41.9 Å². The molecule has 7 nitrogen and oxygen atoms in total. The van der Waals surface area contributed by atoms with Crippen LogP contribution in [0.3, 0.4) is 0 Å². The number of piperidine rings is 1. The summed E-state index contributed by atoms with van der Waals surface area (Å²) in [5.74, 6) is 1.06. The van der Waals surface area contributed by atoms with Crippen LogP contribution in [0.25, 0.3) is 0 Å². The number of amides is 1. The van der Waals surface area contributed by atoms with Crippen molar-refractivity contribution in [2.45, 2.75) is 38.1 Å². The number of nitrogens with two attached hydrogens (primary N) is 1. The van der Waals surface area contributed by atoms with Gasteiger partial charge >= 0.3 is 0 Å². The Bertz CT molecular complexity index is 831. The van der Waals surface area contributed by atoms with E-state index in [1.807, 2.05) is 37.5 Å². The van der Waals surface area contributed by atoms with E-state index < -0.39 is 0 Å². The largest absolute Gasteiger partial charge is 0.384 e. The minimum atomic E-state index is 0.0163. The summed E-state index contributed by atoms with van der Waals surface area (Å²) in [4.78, 5) is 23.3. The van der Waals surface area contributed by atoms with Gasteiger partial charge in [0.25, 0.3) is 0 Å². The average molecular weight is 366 g/mol. The van der Waals surface area contributed by atoms with Crippen molar-refractivity contribution in [3.63, 3.8) is 0 Å². The molecule has 27 heavy (non-hydrogen) atoms. The Hall–Kier alpha value is -2.67. The van der Waals surface area contributed by atoms with Crippen molar-refractivity contribution in [3.8, 4) is 0 Å². The Kier molecular flexibility index (Phi) is 4.94. The summed E-state index contributed by atoms with van der Waals surface area (Å²) in [6.45, 7) is 4.48. The molecular weight excluding hydrogens is 340 g/mol. The average Bonchev–Trinajstić information content (AvgIpc) is 3.12. The van der Waals surface area contributed by atoms with Crippen LogP contribution in [0.2, 0.25) is 0 Å². The summed E-state index contributed by atoms with van der Waals surface area (Å²) in [6, 6.07) is 6.28. The summed E-state index contributed by atoms with van der Waals surface area (Å²) >= 11 is 0. The molecule has 2 aromatic rings. The Labute approximate surface area is 159 Å². The zero-order valence-corrected chi connectivity index (χ0v) is 15.6. The van der Waals surface area contributed by atoms with Crippen molar-refractivity contribution in [2.75, 3.05) is 35.2 Å². The third-order valence-corrected chi connectivity index (χ3v) is 5.39. The molecule has 1 amide bonds. The molecule has 2 aliphatic rings. The topological polar surface area (TPSA) is 96.2 Å². The lowest BCUT2D eigenvalue weighted by molar-refractivity contribution is -0.115. The van der Waals surface area contributed by atoms with E-state index in [2.05, 4.69) is 20.5 Å². The number of hydrogen-bond donors (Lipinski definition) is 3. The highest BCUT2D eigenvalue weighted by Gasteiger charge is 2.27. The molecule has 1 atom stereocenters. The fraction of sp³-hybridized carbons (Fsp3) is 0.450. The van der Waals surface area contributed by atoms with Crippen LogP contribution < -0.4 is 21.3 Å². The molecule has 1 aromatic heterocycles. The second-order valence-electron chi connectivity index (χ2n) is 7.26. The molecule has 0 bridgehead atoms. The van der Waals surface area contributed by atoms with E-state index >= 15 is 0 Å². The van der Waals surface area contributed by atoms with Crippen LogP contribution in [-0.2, 0) is 4.79 Å². The Morgan fingerprint density at radius 3 is 2.93 bits per heavy atom. The first-order valence-electron chi connectivity index (χ1n) is 9.64. The molecule has 1 aromatic carbocycles. The van der Waals surface area contributed by atoms with Gasteiger partial charge < -0.3 is 21.3 Å². The first-order valence-corrected chi connectivity index (χ1v) is 9.64. The standard InChI is InChI=1S/C20H26N6O/c1-2-20(27)24-14-3-4-17-15(9-14)16(10-23-17)18-11-22-12-19(25-18)26-7-5-13(21)6-8-26/h3-4,9,11-13,16,23H,2,5-8,10,21H2,1H3,(H,24,27). The summed E-state index contributed by atoms with van der Waals surface area (Å²) in [5, 5.41) is 6.38. The van der Waals surface area contributed by atoms with E-state index in [4.69, 9.17) is 10.7 Å². The summed E-state index contributed by atoms with van der Waals surface area (Å²) in [5.41, 5.74) is 10.0. The number of anilines is 3. The molecule has 0 spiro atoms. The lowest BCUT2D eigenvalue weighted by Gasteiger charge is -2.31. The predicted octanol–water partition coefficient (Wildman–Crippen LogP) is 2.31. The summed E-state index contributed by atoms with van der Waals surface area (Å²) in [6.07, 6.45) is 6.12. The third-order valence-electron chi connectivity index (χ3n) is 5.39. The van der Waals surface area contributed by atoms with Crippen LogP contribution in [0.15, 0.2) is 30.6 Å². The zero-order valence-electron chi connectivity index (χ0n) is 15.6. The van der Waals surface area contributed by atoms with Gasteiger partial charge in [0.2, 0.25) is 5.91 Å². The second-order valence-corrected chi connectivity index (χ2v) is 7.26. The molecule has 1 unspecified atom stereocenters. The lowest BCUT2D eigenvalue weighted by atomic mass is 9.97. The van der Waals surface area contributed by atoms with Crippen molar-refractivity contribution < 1.29 is 4.79 Å². The SMILES string of the molecule is CCC(=O)Nc1ccc2c(c1)C(c1cncc(N3CCC(N)CC3)n1)CN2. The number of nitrogens with zero attached hydrogens (tertiary/aromatic N) is 3. The number of aromatic nitrogens is 2. The highest BCUT2D eigenvalue weighted by molar-refractivity contribution is 5.91. The fourth-order valence-corrected chi connectivity index (χ4v) is 3.74. The maximum Gasteiger partial charge on any atom is 0.224 e. The Balaban J connectivity index is 1.58. The Morgan fingerprint density at radius 1 is 1.33 bits per heavy atom.